The summed E-state index contributed by atoms with van der Waals surface area (Å²) in [6.45, 7) is 0. The van der Waals surface area contributed by atoms with E-state index in [9.17, 15) is 12.8 Å². The van der Waals surface area contributed by atoms with Crippen molar-refractivity contribution in [1.82, 2.24) is 4.89 Å². The highest BCUT2D eigenvalue weighted by molar-refractivity contribution is 7.89. The second-order valence-corrected chi connectivity index (χ2v) is 4.39. The van der Waals surface area contributed by atoms with Gasteiger partial charge < -0.3 is 0 Å². The lowest BCUT2D eigenvalue weighted by molar-refractivity contribution is 0.153. The van der Waals surface area contributed by atoms with Crippen molar-refractivity contribution in [2.24, 2.45) is 0 Å². The molecule has 0 unspecified atom stereocenters. The molecule has 0 saturated carbocycles. The fourth-order valence-corrected chi connectivity index (χ4v) is 2.19. The topological polar surface area (TPSA) is 55.4 Å². The van der Waals surface area contributed by atoms with Gasteiger partial charge in [0.05, 0.1) is 12.1 Å². The van der Waals surface area contributed by atoms with Gasteiger partial charge >= 0.3 is 0 Å². The molecule has 0 amide bonds. The zero-order valence-corrected chi connectivity index (χ0v) is 8.69. The quantitative estimate of drug-likeness (QED) is 0.810. The molecule has 78 valence electrons. The molecule has 0 aromatic heterocycles. The first kappa shape index (κ1) is 11.4. The Morgan fingerprint density at radius 1 is 1.50 bits per heavy atom. The molecular weight excluding hydrogens is 233 g/mol. The van der Waals surface area contributed by atoms with Crippen molar-refractivity contribution in [2.45, 2.75) is 4.90 Å². The van der Waals surface area contributed by atoms with E-state index in [1.165, 1.54) is 0 Å². The largest absolute Gasteiger partial charge is 0.290 e. The molecule has 7 heteroatoms. The van der Waals surface area contributed by atoms with Crippen LogP contribution in [-0.2, 0) is 14.9 Å². The SMILES string of the molecule is CONS(=O)(=O)c1ccc(F)cc1Cl. The minimum atomic E-state index is -3.83. The number of benzene rings is 1. The fourth-order valence-electron chi connectivity index (χ4n) is 0.848. The van der Waals surface area contributed by atoms with Crippen molar-refractivity contribution in [3.63, 3.8) is 0 Å². The molecule has 0 aliphatic rings. The maximum Gasteiger partial charge on any atom is 0.263 e. The summed E-state index contributed by atoms with van der Waals surface area (Å²) >= 11 is 5.54. The van der Waals surface area contributed by atoms with Crippen molar-refractivity contribution >= 4 is 21.6 Å². The molecule has 0 spiro atoms. The highest BCUT2D eigenvalue weighted by atomic mass is 35.5. The summed E-state index contributed by atoms with van der Waals surface area (Å²) in [5.41, 5.74) is 0. The molecule has 0 atom stereocenters. The van der Waals surface area contributed by atoms with Crippen LogP contribution >= 0.6 is 11.6 Å². The summed E-state index contributed by atoms with van der Waals surface area (Å²) in [4.78, 5) is 5.79. The third-order valence-electron chi connectivity index (χ3n) is 1.38. The Labute approximate surface area is 85.6 Å². The molecule has 1 rings (SSSR count). The molecule has 0 saturated heterocycles. The first-order chi connectivity index (χ1) is 6.47. The standard InChI is InChI=1S/C7H7ClFNO3S/c1-13-10-14(11,12)7-3-2-5(9)4-6(7)8/h2-4,10H,1H3. The van der Waals surface area contributed by atoms with Crippen LogP contribution < -0.4 is 4.89 Å². The average molecular weight is 240 g/mol. The van der Waals surface area contributed by atoms with Gasteiger partial charge in [0, 0.05) is 0 Å². The van der Waals surface area contributed by atoms with E-state index >= 15 is 0 Å². The molecule has 0 aliphatic heterocycles. The van der Waals surface area contributed by atoms with Crippen molar-refractivity contribution in [2.75, 3.05) is 7.11 Å². The highest BCUT2D eigenvalue weighted by Crippen LogP contribution is 2.21. The average Bonchev–Trinajstić information content (AvgIpc) is 2.02. The van der Waals surface area contributed by atoms with E-state index in [4.69, 9.17) is 11.6 Å². The molecule has 1 N–H and O–H groups in total. The van der Waals surface area contributed by atoms with Crippen LogP contribution in [0.4, 0.5) is 4.39 Å². The van der Waals surface area contributed by atoms with Gasteiger partial charge in [0.2, 0.25) is 0 Å². The summed E-state index contributed by atoms with van der Waals surface area (Å²) < 4.78 is 35.2. The maximum atomic E-state index is 12.6. The van der Waals surface area contributed by atoms with Crippen molar-refractivity contribution < 1.29 is 17.6 Å². The monoisotopic (exact) mass is 239 g/mol. The van der Waals surface area contributed by atoms with Crippen molar-refractivity contribution in [3.8, 4) is 0 Å². The molecule has 1 aromatic rings. The number of hydrogen-bond acceptors (Lipinski definition) is 3. The summed E-state index contributed by atoms with van der Waals surface area (Å²) in [7, 11) is -2.68. The van der Waals surface area contributed by atoms with Gasteiger partial charge in [-0.15, -0.1) is 0 Å². The Morgan fingerprint density at radius 2 is 2.14 bits per heavy atom. The van der Waals surface area contributed by atoms with Gasteiger partial charge in [0.15, 0.2) is 0 Å². The van der Waals surface area contributed by atoms with E-state index in [0.717, 1.165) is 25.3 Å². The van der Waals surface area contributed by atoms with Crippen LogP contribution in [0.5, 0.6) is 0 Å². The van der Waals surface area contributed by atoms with E-state index in [-0.39, 0.29) is 9.92 Å². The van der Waals surface area contributed by atoms with Crippen LogP contribution in [0.15, 0.2) is 23.1 Å². The molecule has 14 heavy (non-hydrogen) atoms. The third kappa shape index (κ3) is 2.42. The summed E-state index contributed by atoms with van der Waals surface area (Å²) in [6, 6.07) is 2.96. The van der Waals surface area contributed by atoms with E-state index in [0.29, 0.717) is 0 Å². The predicted octanol–water partition coefficient (Wildman–Crippen LogP) is 1.32. The summed E-state index contributed by atoms with van der Waals surface area (Å²) in [5.74, 6) is -0.605. The number of hydrogen-bond donors (Lipinski definition) is 1. The summed E-state index contributed by atoms with van der Waals surface area (Å²) in [5, 5.41) is -0.199. The number of rotatable bonds is 3. The minimum Gasteiger partial charge on any atom is -0.290 e. The van der Waals surface area contributed by atoms with E-state index in [1.807, 2.05) is 0 Å². The van der Waals surface area contributed by atoms with Crippen LogP contribution in [0, 0.1) is 5.82 Å². The first-order valence-electron chi connectivity index (χ1n) is 3.47. The molecule has 1 aromatic carbocycles. The number of sulfonamides is 1. The lowest BCUT2D eigenvalue weighted by Gasteiger charge is -2.05. The predicted molar refractivity (Wildman–Crippen MR) is 48.7 cm³/mol. The number of nitrogens with one attached hydrogen (secondary N) is 1. The van der Waals surface area contributed by atoms with Crippen LogP contribution in [-0.4, -0.2) is 15.5 Å². The van der Waals surface area contributed by atoms with E-state index < -0.39 is 15.8 Å². The highest BCUT2D eigenvalue weighted by Gasteiger charge is 2.17. The Bertz CT molecular complexity index is 435. The van der Waals surface area contributed by atoms with Gasteiger partial charge in [-0.1, -0.05) is 16.5 Å². The lowest BCUT2D eigenvalue weighted by Crippen LogP contribution is -2.22. The molecule has 0 radical (unpaired) electrons. The second kappa shape index (κ2) is 4.22. The number of halogens is 2. The maximum absolute atomic E-state index is 12.6. The van der Waals surface area contributed by atoms with Gasteiger partial charge in [-0.2, -0.15) is 0 Å². The molecule has 0 bridgehead atoms. The Morgan fingerprint density at radius 3 is 2.64 bits per heavy atom. The van der Waals surface area contributed by atoms with E-state index in [2.05, 4.69) is 4.84 Å². The van der Waals surface area contributed by atoms with Crippen LogP contribution in [0.1, 0.15) is 0 Å². The normalized spacial score (nSPS) is 11.6. The summed E-state index contributed by atoms with van der Waals surface area (Å²) in [6.07, 6.45) is 0. The molecule has 0 heterocycles. The molecule has 0 fully saturated rings. The minimum absolute atomic E-state index is 0.199. The van der Waals surface area contributed by atoms with Gasteiger partial charge in [-0.25, -0.2) is 12.8 Å². The van der Waals surface area contributed by atoms with Gasteiger partial charge in [0.25, 0.3) is 10.0 Å². The van der Waals surface area contributed by atoms with Crippen LogP contribution in [0.2, 0.25) is 5.02 Å². The Balaban J connectivity index is 3.20. The van der Waals surface area contributed by atoms with Gasteiger partial charge in [0.1, 0.15) is 10.7 Å². The van der Waals surface area contributed by atoms with Crippen LogP contribution in [0.3, 0.4) is 0 Å². The smallest absolute Gasteiger partial charge is 0.263 e. The van der Waals surface area contributed by atoms with Gasteiger partial charge in [-0.3, -0.25) is 4.84 Å². The molecular formula is C7H7ClFNO3S. The van der Waals surface area contributed by atoms with Gasteiger partial charge in [-0.05, 0) is 18.2 Å². The molecule has 0 aliphatic carbocycles. The van der Waals surface area contributed by atoms with Crippen molar-refractivity contribution in [1.29, 1.82) is 0 Å². The zero-order chi connectivity index (χ0) is 10.8. The molecule has 4 nitrogen and oxygen atoms in total. The Kier molecular flexibility index (Phi) is 3.43. The third-order valence-corrected chi connectivity index (χ3v) is 3.12. The van der Waals surface area contributed by atoms with Crippen molar-refractivity contribution in [3.05, 3.63) is 29.0 Å². The fraction of sp³-hybridized carbons (Fsp3) is 0.143. The van der Waals surface area contributed by atoms with E-state index in [1.54, 1.807) is 4.89 Å². The first-order valence-corrected chi connectivity index (χ1v) is 5.33. The second-order valence-electron chi connectivity index (χ2n) is 2.37. The van der Waals surface area contributed by atoms with Crippen LogP contribution in [0.25, 0.3) is 0 Å². The Hall–Kier alpha value is -0.690. The zero-order valence-electron chi connectivity index (χ0n) is 7.12. The lowest BCUT2D eigenvalue weighted by atomic mass is 10.3.